The van der Waals surface area contributed by atoms with Crippen LogP contribution in [-0.2, 0) is 11.2 Å². The van der Waals surface area contributed by atoms with Crippen LogP contribution >= 0.6 is 31.9 Å². The Labute approximate surface area is 136 Å². The molecule has 2 rings (SSSR count). The lowest BCUT2D eigenvalue weighted by Gasteiger charge is -2.15. The zero-order chi connectivity index (χ0) is 14.5. The van der Waals surface area contributed by atoms with Gasteiger partial charge < -0.3 is 10.5 Å². The lowest BCUT2D eigenvalue weighted by molar-refractivity contribution is 0.202. The van der Waals surface area contributed by atoms with E-state index in [9.17, 15) is 0 Å². The van der Waals surface area contributed by atoms with Gasteiger partial charge in [0.25, 0.3) is 0 Å². The first-order valence-corrected chi connectivity index (χ1v) is 7.98. The molecule has 0 aliphatic heterocycles. The number of hydrogen-bond donors (Lipinski definition) is 1. The van der Waals surface area contributed by atoms with E-state index < -0.39 is 0 Å². The maximum Gasteiger partial charge on any atom is 0.0562 e. The lowest BCUT2D eigenvalue weighted by atomic mass is 9.98. The molecule has 0 heterocycles. The van der Waals surface area contributed by atoms with Crippen LogP contribution in [0.5, 0.6) is 0 Å². The summed E-state index contributed by atoms with van der Waals surface area (Å²) in [5, 5.41) is 0. The van der Waals surface area contributed by atoms with Gasteiger partial charge in [-0.05, 0) is 35.2 Å². The molecule has 2 aromatic rings. The van der Waals surface area contributed by atoms with Crippen molar-refractivity contribution in [2.75, 3.05) is 13.7 Å². The highest BCUT2D eigenvalue weighted by Gasteiger charge is 2.12. The number of methoxy groups -OCH3 is 1. The van der Waals surface area contributed by atoms with E-state index in [1.807, 2.05) is 18.2 Å². The van der Waals surface area contributed by atoms with Crippen LogP contribution in [0.15, 0.2) is 51.4 Å². The van der Waals surface area contributed by atoms with Crippen molar-refractivity contribution in [2.24, 2.45) is 5.73 Å². The first-order chi connectivity index (χ1) is 9.61. The van der Waals surface area contributed by atoms with E-state index in [0.717, 1.165) is 33.1 Å². The van der Waals surface area contributed by atoms with Gasteiger partial charge in [-0.15, -0.1) is 0 Å². The highest BCUT2D eigenvalue weighted by Crippen LogP contribution is 2.29. The number of hydrogen-bond acceptors (Lipinski definition) is 2. The number of ether oxygens (including phenoxy) is 1. The average Bonchev–Trinajstić information content (AvgIpc) is 2.45. The summed E-state index contributed by atoms with van der Waals surface area (Å²) in [6.07, 6.45) is 0.925. The zero-order valence-corrected chi connectivity index (χ0v) is 14.4. The smallest absolute Gasteiger partial charge is 0.0562 e. The molecule has 0 saturated heterocycles. The summed E-state index contributed by atoms with van der Waals surface area (Å²) in [7, 11) is 1.72. The fraction of sp³-hybridized carbons (Fsp3) is 0.250. The Kier molecular flexibility index (Phi) is 5.78. The van der Waals surface area contributed by atoms with Gasteiger partial charge in [0.05, 0.1) is 12.6 Å². The molecule has 0 spiro atoms. The molecular weight excluding hydrogens is 382 g/mol. The summed E-state index contributed by atoms with van der Waals surface area (Å²) in [5.41, 5.74) is 9.80. The van der Waals surface area contributed by atoms with Crippen LogP contribution < -0.4 is 5.73 Å². The van der Waals surface area contributed by atoms with E-state index in [2.05, 4.69) is 56.1 Å². The SMILES string of the molecule is COCCc1ccc(C(N)c2ccc(Br)cc2Br)cc1. The van der Waals surface area contributed by atoms with Gasteiger partial charge in [-0.1, -0.05) is 62.2 Å². The summed E-state index contributed by atoms with van der Waals surface area (Å²) in [6, 6.07) is 14.3. The second kappa shape index (κ2) is 7.36. The van der Waals surface area contributed by atoms with E-state index in [0.29, 0.717) is 0 Å². The second-order valence-corrected chi connectivity index (χ2v) is 6.40. The normalized spacial score (nSPS) is 12.4. The largest absolute Gasteiger partial charge is 0.384 e. The molecule has 0 aliphatic carbocycles. The Morgan fingerprint density at radius 3 is 2.40 bits per heavy atom. The second-order valence-electron chi connectivity index (χ2n) is 4.63. The number of halogens is 2. The van der Waals surface area contributed by atoms with Gasteiger partial charge in [0.1, 0.15) is 0 Å². The van der Waals surface area contributed by atoms with Crippen molar-refractivity contribution < 1.29 is 4.74 Å². The summed E-state index contributed by atoms with van der Waals surface area (Å²) in [6.45, 7) is 0.740. The van der Waals surface area contributed by atoms with Crippen molar-refractivity contribution >= 4 is 31.9 Å². The van der Waals surface area contributed by atoms with Crippen molar-refractivity contribution in [1.29, 1.82) is 0 Å². The molecule has 2 aromatic carbocycles. The molecule has 0 saturated carbocycles. The van der Waals surface area contributed by atoms with Gasteiger partial charge in [0.2, 0.25) is 0 Å². The standard InChI is InChI=1S/C16H17Br2NO/c1-20-9-8-11-2-4-12(5-3-11)16(19)14-7-6-13(17)10-15(14)18/h2-7,10,16H,8-9,19H2,1H3. The molecule has 0 bridgehead atoms. The third-order valence-corrected chi connectivity index (χ3v) is 4.41. The van der Waals surface area contributed by atoms with Crippen molar-refractivity contribution in [3.8, 4) is 0 Å². The van der Waals surface area contributed by atoms with Gasteiger partial charge in [-0.25, -0.2) is 0 Å². The van der Waals surface area contributed by atoms with Crippen LogP contribution in [-0.4, -0.2) is 13.7 Å². The Morgan fingerprint density at radius 2 is 1.80 bits per heavy atom. The molecule has 0 radical (unpaired) electrons. The van der Waals surface area contributed by atoms with Crippen LogP contribution in [0.3, 0.4) is 0 Å². The number of rotatable bonds is 5. The summed E-state index contributed by atoms with van der Waals surface area (Å²) in [5.74, 6) is 0. The number of benzene rings is 2. The maximum atomic E-state index is 6.35. The quantitative estimate of drug-likeness (QED) is 0.807. The molecule has 106 valence electrons. The monoisotopic (exact) mass is 397 g/mol. The predicted molar refractivity (Wildman–Crippen MR) is 89.9 cm³/mol. The van der Waals surface area contributed by atoms with Crippen molar-refractivity contribution in [1.82, 2.24) is 0 Å². The molecule has 0 aromatic heterocycles. The molecule has 0 amide bonds. The van der Waals surface area contributed by atoms with E-state index in [1.54, 1.807) is 7.11 Å². The molecule has 2 nitrogen and oxygen atoms in total. The third kappa shape index (κ3) is 3.92. The maximum absolute atomic E-state index is 6.35. The minimum atomic E-state index is -0.131. The summed E-state index contributed by atoms with van der Waals surface area (Å²) in [4.78, 5) is 0. The van der Waals surface area contributed by atoms with Crippen molar-refractivity contribution in [3.63, 3.8) is 0 Å². The van der Waals surface area contributed by atoms with E-state index in [4.69, 9.17) is 10.5 Å². The molecule has 20 heavy (non-hydrogen) atoms. The molecule has 0 aliphatic rings. The van der Waals surface area contributed by atoms with Gasteiger partial charge in [0, 0.05) is 16.1 Å². The lowest BCUT2D eigenvalue weighted by Crippen LogP contribution is -2.12. The van der Waals surface area contributed by atoms with Crippen LogP contribution in [0, 0.1) is 0 Å². The Bertz CT molecular complexity index is 569. The fourth-order valence-electron chi connectivity index (χ4n) is 2.04. The Balaban J connectivity index is 2.18. The first-order valence-electron chi connectivity index (χ1n) is 6.40. The van der Waals surface area contributed by atoms with Gasteiger partial charge in [0.15, 0.2) is 0 Å². The van der Waals surface area contributed by atoms with E-state index >= 15 is 0 Å². The van der Waals surface area contributed by atoms with Crippen LogP contribution in [0.2, 0.25) is 0 Å². The zero-order valence-electron chi connectivity index (χ0n) is 11.3. The van der Waals surface area contributed by atoms with Crippen LogP contribution in [0.25, 0.3) is 0 Å². The highest BCUT2D eigenvalue weighted by atomic mass is 79.9. The van der Waals surface area contributed by atoms with E-state index in [1.165, 1.54) is 5.56 Å². The van der Waals surface area contributed by atoms with Gasteiger partial charge in [-0.3, -0.25) is 0 Å². The van der Waals surface area contributed by atoms with Gasteiger partial charge in [-0.2, -0.15) is 0 Å². The van der Waals surface area contributed by atoms with Crippen molar-refractivity contribution in [3.05, 3.63) is 68.1 Å². The van der Waals surface area contributed by atoms with E-state index in [-0.39, 0.29) is 6.04 Å². The fourth-order valence-corrected chi connectivity index (χ4v) is 3.34. The minimum absolute atomic E-state index is 0.131. The summed E-state index contributed by atoms with van der Waals surface area (Å²) >= 11 is 7.02. The Hall–Kier alpha value is -0.680. The molecule has 2 N–H and O–H groups in total. The average molecular weight is 399 g/mol. The highest BCUT2D eigenvalue weighted by molar-refractivity contribution is 9.11. The molecule has 1 atom stereocenters. The summed E-state index contributed by atoms with van der Waals surface area (Å²) < 4.78 is 7.14. The molecule has 0 fully saturated rings. The van der Waals surface area contributed by atoms with Crippen molar-refractivity contribution in [2.45, 2.75) is 12.5 Å². The molecular formula is C16H17Br2NO. The topological polar surface area (TPSA) is 35.2 Å². The van der Waals surface area contributed by atoms with Crippen LogP contribution in [0.4, 0.5) is 0 Å². The first kappa shape index (κ1) is 15.7. The van der Waals surface area contributed by atoms with Gasteiger partial charge >= 0.3 is 0 Å². The number of nitrogens with two attached hydrogens (primary N) is 1. The van der Waals surface area contributed by atoms with Crippen LogP contribution in [0.1, 0.15) is 22.7 Å². The predicted octanol–water partition coefficient (Wildman–Crippen LogP) is 4.45. The minimum Gasteiger partial charge on any atom is -0.384 e. The Morgan fingerprint density at radius 1 is 1.10 bits per heavy atom. The molecule has 1 unspecified atom stereocenters. The third-order valence-electron chi connectivity index (χ3n) is 3.23. The molecule has 4 heteroatoms.